The molecule has 1 saturated heterocycles. The molecule has 1 unspecified atom stereocenters. The van der Waals surface area contributed by atoms with E-state index in [2.05, 4.69) is 53.4 Å². The van der Waals surface area contributed by atoms with E-state index < -0.39 is 0 Å². The van der Waals surface area contributed by atoms with Gasteiger partial charge in [0, 0.05) is 18.3 Å². The molecule has 1 heterocycles. The lowest BCUT2D eigenvalue weighted by molar-refractivity contribution is 0.0243. The fourth-order valence-corrected chi connectivity index (χ4v) is 2.31. The Bertz CT molecular complexity index is 441. The van der Waals surface area contributed by atoms with Crippen LogP contribution < -0.4 is 4.90 Å². The maximum atomic E-state index is 5.92. The van der Waals surface area contributed by atoms with Gasteiger partial charge >= 0.3 is 0 Å². The smallest absolute Gasteiger partial charge is 0.118 e. The summed E-state index contributed by atoms with van der Waals surface area (Å²) < 4.78 is 5.92. The SMILES string of the molecule is c1ccc(N2CCC(c3cc[cH-]c3)OC2)cc1. The standard InChI is InChI=1S/C15H16NO/c1-2-8-14(9-3-1)16-11-10-15(17-12-16)13-6-4-5-7-13/h1-9,15H,10-12H2/q-1. The van der Waals surface area contributed by atoms with Crippen LogP contribution in [0.15, 0.2) is 54.6 Å². The van der Waals surface area contributed by atoms with Crippen molar-refractivity contribution < 1.29 is 4.74 Å². The molecule has 1 aliphatic rings. The van der Waals surface area contributed by atoms with Gasteiger partial charge in [-0.25, -0.2) is 6.07 Å². The predicted molar refractivity (Wildman–Crippen MR) is 69.1 cm³/mol. The first-order chi connectivity index (χ1) is 8.43. The molecule has 1 fully saturated rings. The lowest BCUT2D eigenvalue weighted by atomic mass is 10.1. The van der Waals surface area contributed by atoms with Crippen molar-refractivity contribution in [2.24, 2.45) is 0 Å². The van der Waals surface area contributed by atoms with Crippen LogP contribution >= 0.6 is 0 Å². The molecule has 0 N–H and O–H groups in total. The summed E-state index contributed by atoms with van der Waals surface area (Å²) in [4.78, 5) is 2.28. The van der Waals surface area contributed by atoms with Gasteiger partial charge in [0.2, 0.25) is 0 Å². The first kappa shape index (κ1) is 10.5. The molecule has 3 rings (SSSR count). The fraction of sp³-hybridized carbons (Fsp3) is 0.267. The van der Waals surface area contributed by atoms with Gasteiger partial charge in [-0.2, -0.15) is 23.8 Å². The molecule has 1 aliphatic heterocycles. The second-order valence-electron chi connectivity index (χ2n) is 4.39. The Morgan fingerprint density at radius 2 is 2.06 bits per heavy atom. The maximum Gasteiger partial charge on any atom is 0.118 e. The zero-order valence-electron chi connectivity index (χ0n) is 9.75. The lowest BCUT2D eigenvalue weighted by Gasteiger charge is -2.35. The fourth-order valence-electron chi connectivity index (χ4n) is 2.31. The van der Waals surface area contributed by atoms with Crippen LogP contribution in [0.4, 0.5) is 5.69 Å². The van der Waals surface area contributed by atoms with Gasteiger partial charge in [-0.1, -0.05) is 18.2 Å². The second-order valence-corrected chi connectivity index (χ2v) is 4.39. The molecule has 0 aliphatic carbocycles. The molecular formula is C15H16NO-. The van der Waals surface area contributed by atoms with E-state index in [9.17, 15) is 0 Å². The van der Waals surface area contributed by atoms with Crippen molar-refractivity contribution >= 4 is 5.69 Å². The van der Waals surface area contributed by atoms with Crippen LogP contribution in [0.5, 0.6) is 0 Å². The molecule has 2 aromatic rings. The number of hydrogen-bond acceptors (Lipinski definition) is 2. The van der Waals surface area contributed by atoms with Gasteiger partial charge in [0.15, 0.2) is 0 Å². The minimum atomic E-state index is 0.268. The molecule has 0 saturated carbocycles. The molecule has 88 valence electrons. The lowest BCUT2D eigenvalue weighted by Crippen LogP contribution is -2.34. The van der Waals surface area contributed by atoms with Gasteiger partial charge in [-0.05, 0) is 18.6 Å². The van der Waals surface area contributed by atoms with Crippen molar-refractivity contribution in [3.8, 4) is 0 Å². The van der Waals surface area contributed by atoms with E-state index in [1.54, 1.807) is 0 Å². The quantitative estimate of drug-likeness (QED) is 0.728. The minimum Gasteiger partial charge on any atom is -0.366 e. The molecule has 0 aromatic heterocycles. The monoisotopic (exact) mass is 226 g/mol. The summed E-state index contributed by atoms with van der Waals surface area (Å²) in [5, 5.41) is 0. The highest BCUT2D eigenvalue weighted by Crippen LogP contribution is 2.28. The molecule has 2 nitrogen and oxygen atoms in total. The highest BCUT2D eigenvalue weighted by Gasteiger charge is 2.17. The minimum absolute atomic E-state index is 0.268. The molecule has 2 aromatic carbocycles. The molecular weight excluding hydrogens is 210 g/mol. The van der Waals surface area contributed by atoms with Gasteiger partial charge in [0.1, 0.15) is 6.73 Å². The summed E-state index contributed by atoms with van der Waals surface area (Å²) in [6, 6.07) is 18.9. The van der Waals surface area contributed by atoms with Gasteiger partial charge in [0.25, 0.3) is 0 Å². The summed E-state index contributed by atoms with van der Waals surface area (Å²) in [5.74, 6) is 0. The van der Waals surface area contributed by atoms with Crippen molar-refractivity contribution in [2.75, 3.05) is 18.2 Å². The van der Waals surface area contributed by atoms with E-state index in [0.29, 0.717) is 6.73 Å². The Morgan fingerprint density at radius 3 is 2.71 bits per heavy atom. The van der Waals surface area contributed by atoms with Crippen LogP contribution in [-0.4, -0.2) is 13.3 Å². The third kappa shape index (κ3) is 2.22. The second kappa shape index (κ2) is 4.68. The summed E-state index contributed by atoms with van der Waals surface area (Å²) >= 11 is 0. The zero-order chi connectivity index (χ0) is 11.5. The molecule has 0 bridgehead atoms. The van der Waals surface area contributed by atoms with Crippen LogP contribution in [0.2, 0.25) is 0 Å². The molecule has 0 radical (unpaired) electrons. The number of anilines is 1. The molecule has 2 heteroatoms. The average Bonchev–Trinajstić information content (AvgIpc) is 2.94. The van der Waals surface area contributed by atoms with Gasteiger partial charge < -0.3 is 9.64 Å². The van der Waals surface area contributed by atoms with Crippen LogP contribution in [0.25, 0.3) is 0 Å². The number of hydrogen-bond donors (Lipinski definition) is 0. The zero-order valence-corrected chi connectivity index (χ0v) is 9.75. The van der Waals surface area contributed by atoms with E-state index in [4.69, 9.17) is 4.74 Å². The van der Waals surface area contributed by atoms with Gasteiger partial charge in [-0.15, -0.1) is 0 Å². The molecule has 0 amide bonds. The molecule has 1 atom stereocenters. The third-order valence-corrected chi connectivity index (χ3v) is 3.27. The third-order valence-electron chi connectivity index (χ3n) is 3.27. The summed E-state index contributed by atoms with van der Waals surface area (Å²) in [7, 11) is 0. The topological polar surface area (TPSA) is 12.5 Å². The van der Waals surface area contributed by atoms with Crippen molar-refractivity contribution in [3.63, 3.8) is 0 Å². The van der Waals surface area contributed by atoms with Crippen LogP contribution in [0, 0.1) is 0 Å². The Hall–Kier alpha value is -1.67. The summed E-state index contributed by atoms with van der Waals surface area (Å²) in [6.07, 6.45) is 1.32. The van der Waals surface area contributed by atoms with E-state index in [-0.39, 0.29) is 6.10 Å². The van der Waals surface area contributed by atoms with Crippen molar-refractivity contribution in [1.29, 1.82) is 0 Å². The number of nitrogens with zero attached hydrogens (tertiary/aromatic N) is 1. The summed E-state index contributed by atoms with van der Waals surface area (Å²) in [6.45, 7) is 1.74. The number of rotatable bonds is 2. The average molecular weight is 226 g/mol. The number of benzene rings is 1. The normalized spacial score (nSPS) is 20.5. The summed E-state index contributed by atoms with van der Waals surface area (Å²) in [5.41, 5.74) is 2.55. The number of para-hydroxylation sites is 1. The van der Waals surface area contributed by atoms with E-state index >= 15 is 0 Å². The van der Waals surface area contributed by atoms with Crippen LogP contribution in [0.1, 0.15) is 18.1 Å². The Morgan fingerprint density at radius 1 is 1.18 bits per heavy atom. The number of ether oxygens (including phenoxy) is 1. The van der Waals surface area contributed by atoms with Gasteiger partial charge in [-0.3, -0.25) is 0 Å². The van der Waals surface area contributed by atoms with E-state index in [1.807, 2.05) is 6.07 Å². The Labute approximate surface area is 102 Å². The van der Waals surface area contributed by atoms with Crippen molar-refractivity contribution in [1.82, 2.24) is 0 Å². The first-order valence-corrected chi connectivity index (χ1v) is 6.07. The van der Waals surface area contributed by atoms with Crippen molar-refractivity contribution in [2.45, 2.75) is 12.5 Å². The van der Waals surface area contributed by atoms with Crippen LogP contribution in [0.3, 0.4) is 0 Å². The predicted octanol–water partition coefficient (Wildman–Crippen LogP) is 3.33. The molecule has 17 heavy (non-hydrogen) atoms. The largest absolute Gasteiger partial charge is 0.366 e. The first-order valence-electron chi connectivity index (χ1n) is 6.07. The highest BCUT2D eigenvalue weighted by atomic mass is 16.5. The Kier molecular flexibility index (Phi) is 2.88. The highest BCUT2D eigenvalue weighted by molar-refractivity contribution is 5.45. The van der Waals surface area contributed by atoms with Gasteiger partial charge in [0.05, 0.1) is 0 Å². The van der Waals surface area contributed by atoms with E-state index in [0.717, 1.165) is 13.0 Å². The molecule has 0 spiro atoms. The Balaban J connectivity index is 1.65. The van der Waals surface area contributed by atoms with Crippen LogP contribution in [-0.2, 0) is 4.74 Å². The maximum absolute atomic E-state index is 5.92. The van der Waals surface area contributed by atoms with Crippen molar-refractivity contribution in [3.05, 3.63) is 60.2 Å². The van der Waals surface area contributed by atoms with E-state index in [1.165, 1.54) is 11.3 Å².